The van der Waals surface area contributed by atoms with Crippen molar-refractivity contribution in [2.75, 3.05) is 5.32 Å². The topological polar surface area (TPSA) is 104 Å². The zero-order valence-corrected chi connectivity index (χ0v) is 17.3. The Morgan fingerprint density at radius 2 is 1.79 bits per heavy atom. The van der Waals surface area contributed by atoms with Crippen molar-refractivity contribution in [1.29, 1.82) is 0 Å². The van der Waals surface area contributed by atoms with E-state index in [0.29, 0.717) is 5.69 Å². The standard InChI is InChI=1S/C21H25N3O4S/c1-14(2)24-29(27,28)19-8-4-6-17(12-19)20(25)22-13-15-5-3-7-18(11-15)23-21(26)16-9-10-16/h3-8,11-12,14,16,24H,9-10,13H2,1-2H3,(H,22,25)(H,23,26). The van der Waals surface area contributed by atoms with E-state index in [1.807, 2.05) is 24.3 Å². The molecule has 1 fully saturated rings. The summed E-state index contributed by atoms with van der Waals surface area (Å²) in [7, 11) is -3.67. The molecule has 2 aromatic rings. The van der Waals surface area contributed by atoms with Crippen molar-refractivity contribution in [1.82, 2.24) is 10.0 Å². The van der Waals surface area contributed by atoms with Gasteiger partial charge in [0, 0.05) is 29.8 Å². The molecule has 0 aliphatic heterocycles. The molecule has 0 atom stereocenters. The highest BCUT2D eigenvalue weighted by molar-refractivity contribution is 7.89. The summed E-state index contributed by atoms with van der Waals surface area (Å²) in [5.41, 5.74) is 1.79. The maximum Gasteiger partial charge on any atom is 0.251 e. The monoisotopic (exact) mass is 415 g/mol. The van der Waals surface area contributed by atoms with Crippen LogP contribution < -0.4 is 15.4 Å². The zero-order valence-electron chi connectivity index (χ0n) is 16.4. The molecule has 8 heteroatoms. The molecule has 0 spiro atoms. The average Bonchev–Trinajstić information content (AvgIpc) is 3.51. The van der Waals surface area contributed by atoms with Crippen LogP contribution in [0.5, 0.6) is 0 Å². The van der Waals surface area contributed by atoms with Gasteiger partial charge < -0.3 is 10.6 Å². The Kier molecular flexibility index (Phi) is 6.34. The molecule has 1 aliphatic rings. The summed E-state index contributed by atoms with van der Waals surface area (Å²) in [5, 5.41) is 5.66. The van der Waals surface area contributed by atoms with Gasteiger partial charge in [-0.15, -0.1) is 0 Å². The summed E-state index contributed by atoms with van der Waals surface area (Å²) in [6.07, 6.45) is 1.87. The molecule has 1 aliphatic carbocycles. The smallest absolute Gasteiger partial charge is 0.251 e. The largest absolute Gasteiger partial charge is 0.348 e. The summed E-state index contributed by atoms with van der Waals surface area (Å²) in [6, 6.07) is 12.9. The van der Waals surface area contributed by atoms with E-state index in [1.165, 1.54) is 18.2 Å². The minimum atomic E-state index is -3.67. The van der Waals surface area contributed by atoms with Gasteiger partial charge in [0.25, 0.3) is 5.91 Å². The number of nitrogens with one attached hydrogen (secondary N) is 3. The Morgan fingerprint density at radius 3 is 2.48 bits per heavy atom. The molecule has 0 unspecified atom stereocenters. The lowest BCUT2D eigenvalue weighted by atomic mass is 10.1. The molecule has 0 aromatic heterocycles. The predicted molar refractivity (Wildman–Crippen MR) is 111 cm³/mol. The first-order valence-electron chi connectivity index (χ1n) is 9.55. The molecule has 2 aromatic carbocycles. The molecule has 0 radical (unpaired) electrons. The number of anilines is 1. The van der Waals surface area contributed by atoms with Gasteiger partial charge in [-0.2, -0.15) is 0 Å². The van der Waals surface area contributed by atoms with Gasteiger partial charge in [-0.25, -0.2) is 13.1 Å². The summed E-state index contributed by atoms with van der Waals surface area (Å²) >= 11 is 0. The van der Waals surface area contributed by atoms with Crippen molar-refractivity contribution in [3.63, 3.8) is 0 Å². The van der Waals surface area contributed by atoms with E-state index in [4.69, 9.17) is 0 Å². The van der Waals surface area contributed by atoms with Gasteiger partial charge in [0.05, 0.1) is 4.90 Å². The van der Waals surface area contributed by atoms with E-state index in [1.54, 1.807) is 19.9 Å². The van der Waals surface area contributed by atoms with E-state index in [9.17, 15) is 18.0 Å². The first-order chi connectivity index (χ1) is 13.7. The number of rotatable bonds is 8. The highest BCUT2D eigenvalue weighted by atomic mass is 32.2. The van der Waals surface area contributed by atoms with Gasteiger partial charge in [0.15, 0.2) is 0 Å². The third-order valence-electron chi connectivity index (χ3n) is 4.39. The number of carbonyl (C=O) groups excluding carboxylic acids is 2. The molecule has 3 N–H and O–H groups in total. The van der Waals surface area contributed by atoms with Crippen LogP contribution >= 0.6 is 0 Å². The summed E-state index contributed by atoms with van der Waals surface area (Å²) < 4.78 is 27.1. The molecule has 2 amide bonds. The van der Waals surface area contributed by atoms with Crippen molar-refractivity contribution in [2.24, 2.45) is 5.92 Å². The number of hydrogen-bond donors (Lipinski definition) is 3. The van der Waals surface area contributed by atoms with Crippen molar-refractivity contribution in [2.45, 2.75) is 44.2 Å². The molecule has 0 bridgehead atoms. The maximum atomic E-state index is 12.5. The Hall–Kier alpha value is -2.71. The molecule has 3 rings (SSSR count). The number of benzene rings is 2. The highest BCUT2D eigenvalue weighted by Crippen LogP contribution is 2.30. The third-order valence-corrected chi connectivity index (χ3v) is 6.05. The van der Waals surface area contributed by atoms with Crippen molar-refractivity contribution >= 4 is 27.5 Å². The highest BCUT2D eigenvalue weighted by Gasteiger charge is 2.29. The minimum absolute atomic E-state index is 0.0271. The fourth-order valence-electron chi connectivity index (χ4n) is 2.82. The Balaban J connectivity index is 1.64. The van der Waals surface area contributed by atoms with E-state index in [-0.39, 0.29) is 40.8 Å². The fourth-order valence-corrected chi connectivity index (χ4v) is 4.11. The second-order valence-electron chi connectivity index (χ2n) is 7.45. The fraction of sp³-hybridized carbons (Fsp3) is 0.333. The van der Waals surface area contributed by atoms with Crippen LogP contribution in [0.4, 0.5) is 5.69 Å². The van der Waals surface area contributed by atoms with Gasteiger partial charge >= 0.3 is 0 Å². The van der Waals surface area contributed by atoms with Crippen LogP contribution in [-0.4, -0.2) is 26.3 Å². The number of carbonyl (C=O) groups is 2. The van der Waals surface area contributed by atoms with Crippen molar-refractivity contribution < 1.29 is 18.0 Å². The Morgan fingerprint density at radius 1 is 1.07 bits per heavy atom. The Labute approximate surface area is 171 Å². The number of amides is 2. The summed E-state index contributed by atoms with van der Waals surface area (Å²) in [4.78, 5) is 24.4. The molecule has 1 saturated carbocycles. The molecule has 154 valence electrons. The van der Waals surface area contributed by atoms with E-state index < -0.39 is 10.0 Å². The number of hydrogen-bond acceptors (Lipinski definition) is 4. The van der Waals surface area contributed by atoms with Crippen LogP contribution in [0.3, 0.4) is 0 Å². The second kappa shape index (κ2) is 8.75. The lowest BCUT2D eigenvalue weighted by Gasteiger charge is -2.11. The number of sulfonamides is 1. The Bertz CT molecular complexity index is 1010. The first kappa shape index (κ1) is 21.0. The van der Waals surface area contributed by atoms with Crippen LogP contribution in [0.2, 0.25) is 0 Å². The third kappa shape index (κ3) is 5.88. The molecule has 0 saturated heterocycles. The van der Waals surface area contributed by atoms with Crippen molar-refractivity contribution in [3.8, 4) is 0 Å². The normalized spacial score (nSPS) is 13.9. The van der Waals surface area contributed by atoms with E-state index in [2.05, 4.69) is 15.4 Å². The second-order valence-corrected chi connectivity index (χ2v) is 9.16. The summed E-state index contributed by atoms with van der Waals surface area (Å²) in [6.45, 7) is 3.72. The lowest BCUT2D eigenvalue weighted by Crippen LogP contribution is -2.30. The van der Waals surface area contributed by atoms with E-state index in [0.717, 1.165) is 18.4 Å². The van der Waals surface area contributed by atoms with Gasteiger partial charge in [-0.05, 0) is 62.6 Å². The van der Waals surface area contributed by atoms with Gasteiger partial charge in [-0.3, -0.25) is 9.59 Å². The van der Waals surface area contributed by atoms with E-state index >= 15 is 0 Å². The quantitative estimate of drug-likeness (QED) is 0.616. The van der Waals surface area contributed by atoms with Crippen molar-refractivity contribution in [3.05, 3.63) is 59.7 Å². The SMILES string of the molecule is CC(C)NS(=O)(=O)c1cccc(C(=O)NCc2cccc(NC(=O)C3CC3)c2)c1. The lowest BCUT2D eigenvalue weighted by molar-refractivity contribution is -0.117. The predicted octanol–water partition coefficient (Wildman–Crippen LogP) is 2.65. The van der Waals surface area contributed by atoms with Crippen LogP contribution in [0.1, 0.15) is 42.6 Å². The molecule has 7 nitrogen and oxygen atoms in total. The molecular weight excluding hydrogens is 390 g/mol. The van der Waals surface area contributed by atoms with Crippen LogP contribution in [0.15, 0.2) is 53.4 Å². The minimum Gasteiger partial charge on any atom is -0.348 e. The van der Waals surface area contributed by atoms with Crippen LogP contribution in [-0.2, 0) is 21.4 Å². The maximum absolute atomic E-state index is 12.5. The average molecular weight is 416 g/mol. The first-order valence-corrected chi connectivity index (χ1v) is 11.0. The van der Waals surface area contributed by atoms with Gasteiger partial charge in [0.2, 0.25) is 15.9 Å². The van der Waals surface area contributed by atoms with Crippen LogP contribution in [0, 0.1) is 5.92 Å². The molecule has 0 heterocycles. The van der Waals surface area contributed by atoms with Crippen LogP contribution in [0.25, 0.3) is 0 Å². The summed E-state index contributed by atoms with van der Waals surface area (Å²) in [5.74, 6) is -0.231. The zero-order chi connectivity index (χ0) is 21.0. The molecule has 29 heavy (non-hydrogen) atoms. The van der Waals surface area contributed by atoms with Gasteiger partial charge in [-0.1, -0.05) is 18.2 Å². The molecular formula is C21H25N3O4S. The van der Waals surface area contributed by atoms with Gasteiger partial charge in [0.1, 0.15) is 0 Å².